The van der Waals surface area contributed by atoms with Gasteiger partial charge in [-0.05, 0) is 39.5 Å². The normalized spacial score (nSPS) is 36.1. The van der Waals surface area contributed by atoms with E-state index in [1.807, 2.05) is 6.08 Å². The van der Waals surface area contributed by atoms with Gasteiger partial charge < -0.3 is 5.32 Å². The van der Waals surface area contributed by atoms with Crippen LogP contribution in [0.2, 0.25) is 0 Å². The predicted molar refractivity (Wildman–Crippen MR) is 65.0 cm³/mol. The van der Waals surface area contributed by atoms with Gasteiger partial charge in [-0.2, -0.15) is 0 Å². The van der Waals surface area contributed by atoms with Crippen molar-refractivity contribution in [2.45, 2.75) is 63.7 Å². The first-order valence-corrected chi connectivity index (χ1v) is 6.35. The highest BCUT2D eigenvalue weighted by molar-refractivity contribution is 5.01. The number of rotatable bonds is 4. The average molecular weight is 208 g/mol. The van der Waals surface area contributed by atoms with E-state index in [4.69, 9.17) is 0 Å². The Morgan fingerprint density at radius 2 is 2.07 bits per heavy atom. The molecule has 15 heavy (non-hydrogen) atoms. The summed E-state index contributed by atoms with van der Waals surface area (Å²) in [4.78, 5) is 2.74. The van der Waals surface area contributed by atoms with Gasteiger partial charge in [-0.25, -0.2) is 0 Å². The topological polar surface area (TPSA) is 15.3 Å². The van der Waals surface area contributed by atoms with Crippen molar-refractivity contribution >= 4 is 0 Å². The molecule has 0 aromatic rings. The lowest BCUT2D eigenvalue weighted by Crippen LogP contribution is -2.55. The molecule has 2 heterocycles. The number of hydrogen-bond donors (Lipinski definition) is 1. The van der Waals surface area contributed by atoms with Gasteiger partial charge in [0.05, 0.1) is 0 Å². The summed E-state index contributed by atoms with van der Waals surface area (Å²) in [7, 11) is 0. The minimum atomic E-state index is 0.698. The first kappa shape index (κ1) is 11.2. The fourth-order valence-corrected chi connectivity index (χ4v) is 3.48. The quantitative estimate of drug-likeness (QED) is 0.712. The van der Waals surface area contributed by atoms with E-state index in [1.54, 1.807) is 0 Å². The summed E-state index contributed by atoms with van der Waals surface area (Å²) in [5.74, 6) is 0. The molecule has 0 aliphatic carbocycles. The molecule has 1 N–H and O–H groups in total. The summed E-state index contributed by atoms with van der Waals surface area (Å²) in [5, 5.41) is 3.62. The van der Waals surface area contributed by atoms with Crippen molar-refractivity contribution < 1.29 is 0 Å². The molecule has 2 heteroatoms. The van der Waals surface area contributed by atoms with E-state index >= 15 is 0 Å². The van der Waals surface area contributed by atoms with E-state index in [2.05, 4.69) is 30.6 Å². The van der Waals surface area contributed by atoms with E-state index in [0.29, 0.717) is 12.1 Å². The van der Waals surface area contributed by atoms with Crippen LogP contribution < -0.4 is 5.32 Å². The third kappa shape index (κ3) is 2.11. The molecule has 0 aromatic heterocycles. The first-order chi connectivity index (χ1) is 7.24. The zero-order valence-electron chi connectivity index (χ0n) is 10.1. The highest BCUT2D eigenvalue weighted by Gasteiger charge is 2.42. The fourth-order valence-electron chi connectivity index (χ4n) is 3.48. The Kier molecular flexibility index (Phi) is 3.47. The maximum absolute atomic E-state index is 3.78. The van der Waals surface area contributed by atoms with Crippen LogP contribution in [0, 0.1) is 0 Å². The summed E-state index contributed by atoms with van der Waals surface area (Å²) in [5.41, 5.74) is 0. The molecule has 0 spiro atoms. The second-order valence-electron chi connectivity index (χ2n) is 5.22. The van der Waals surface area contributed by atoms with E-state index in [1.165, 1.54) is 25.7 Å². The molecule has 2 aliphatic heterocycles. The van der Waals surface area contributed by atoms with Crippen molar-refractivity contribution in [3.8, 4) is 0 Å². The standard InChI is InChI=1S/C13H24N2/c1-4-9-14-12-7-5-11-6-8-13(12)15(11)10(2)3/h4,10-14H,1,5-9H2,2-3H3/t11-,12+,13-/m0/s1. The van der Waals surface area contributed by atoms with Gasteiger partial charge in [0.1, 0.15) is 0 Å². The Bertz CT molecular complexity index is 225. The predicted octanol–water partition coefficient (Wildman–Crippen LogP) is 2.17. The van der Waals surface area contributed by atoms with Crippen molar-refractivity contribution in [1.82, 2.24) is 10.2 Å². The minimum absolute atomic E-state index is 0.698. The fraction of sp³-hybridized carbons (Fsp3) is 0.846. The average Bonchev–Trinajstić information content (AvgIpc) is 2.53. The molecule has 2 nitrogen and oxygen atoms in total. The van der Waals surface area contributed by atoms with Gasteiger partial charge in [0.15, 0.2) is 0 Å². The first-order valence-electron chi connectivity index (χ1n) is 6.35. The Morgan fingerprint density at radius 1 is 1.33 bits per heavy atom. The van der Waals surface area contributed by atoms with E-state index < -0.39 is 0 Å². The number of hydrogen-bond acceptors (Lipinski definition) is 2. The van der Waals surface area contributed by atoms with Gasteiger partial charge in [-0.1, -0.05) is 6.08 Å². The van der Waals surface area contributed by atoms with Crippen LogP contribution in [0.5, 0.6) is 0 Å². The van der Waals surface area contributed by atoms with Gasteiger partial charge in [0, 0.05) is 30.7 Å². The highest BCUT2D eigenvalue weighted by Crippen LogP contribution is 2.37. The Hall–Kier alpha value is -0.340. The summed E-state index contributed by atoms with van der Waals surface area (Å²) in [6.45, 7) is 9.41. The number of nitrogens with one attached hydrogen (secondary N) is 1. The van der Waals surface area contributed by atoms with Crippen LogP contribution in [0.15, 0.2) is 12.7 Å². The summed E-state index contributed by atoms with van der Waals surface area (Å²) < 4.78 is 0. The van der Waals surface area contributed by atoms with Crippen LogP contribution in [0.3, 0.4) is 0 Å². The SMILES string of the molecule is C=CCN[C@@H]1CC[C@H]2CC[C@@H]1N2C(C)C. The van der Waals surface area contributed by atoms with Crippen molar-refractivity contribution in [1.29, 1.82) is 0 Å². The monoisotopic (exact) mass is 208 g/mol. The molecular formula is C13H24N2. The van der Waals surface area contributed by atoms with Crippen LogP contribution >= 0.6 is 0 Å². The van der Waals surface area contributed by atoms with Crippen molar-refractivity contribution in [3.63, 3.8) is 0 Å². The molecular weight excluding hydrogens is 184 g/mol. The largest absolute Gasteiger partial charge is 0.309 e. The van der Waals surface area contributed by atoms with E-state index in [-0.39, 0.29) is 0 Å². The molecule has 2 fully saturated rings. The van der Waals surface area contributed by atoms with Crippen LogP contribution in [0.25, 0.3) is 0 Å². The van der Waals surface area contributed by atoms with E-state index in [9.17, 15) is 0 Å². The number of piperidine rings is 1. The third-order valence-corrected chi connectivity index (χ3v) is 4.00. The summed E-state index contributed by atoms with van der Waals surface area (Å²) >= 11 is 0. The molecule has 2 rings (SSSR count). The molecule has 0 radical (unpaired) electrons. The molecule has 0 saturated carbocycles. The summed E-state index contributed by atoms with van der Waals surface area (Å²) in [6.07, 6.45) is 7.50. The molecule has 3 atom stereocenters. The highest BCUT2D eigenvalue weighted by atomic mass is 15.3. The van der Waals surface area contributed by atoms with Crippen LogP contribution in [-0.2, 0) is 0 Å². The Balaban J connectivity index is 2.01. The second kappa shape index (κ2) is 4.67. The van der Waals surface area contributed by atoms with Gasteiger partial charge in [-0.15, -0.1) is 6.58 Å². The lowest BCUT2D eigenvalue weighted by Gasteiger charge is -2.42. The van der Waals surface area contributed by atoms with Crippen LogP contribution in [0.1, 0.15) is 39.5 Å². The Labute approximate surface area is 93.7 Å². The molecule has 2 aliphatic rings. The van der Waals surface area contributed by atoms with Crippen molar-refractivity contribution in [3.05, 3.63) is 12.7 Å². The summed E-state index contributed by atoms with van der Waals surface area (Å²) in [6, 6.07) is 3.06. The molecule has 2 saturated heterocycles. The van der Waals surface area contributed by atoms with Crippen LogP contribution in [-0.4, -0.2) is 35.6 Å². The zero-order valence-corrected chi connectivity index (χ0v) is 10.1. The van der Waals surface area contributed by atoms with Crippen molar-refractivity contribution in [2.75, 3.05) is 6.54 Å². The lowest BCUT2D eigenvalue weighted by molar-refractivity contribution is 0.0786. The maximum Gasteiger partial charge on any atom is 0.0255 e. The smallest absolute Gasteiger partial charge is 0.0255 e. The maximum atomic E-state index is 3.78. The zero-order chi connectivity index (χ0) is 10.8. The van der Waals surface area contributed by atoms with Gasteiger partial charge in [-0.3, -0.25) is 4.90 Å². The third-order valence-electron chi connectivity index (χ3n) is 4.00. The number of fused-ring (bicyclic) bond motifs is 2. The minimum Gasteiger partial charge on any atom is -0.309 e. The van der Waals surface area contributed by atoms with Gasteiger partial charge >= 0.3 is 0 Å². The lowest BCUT2D eigenvalue weighted by atomic mass is 9.95. The number of nitrogens with zero attached hydrogens (tertiary/aromatic N) is 1. The van der Waals surface area contributed by atoms with Crippen molar-refractivity contribution in [2.24, 2.45) is 0 Å². The molecule has 2 bridgehead atoms. The Morgan fingerprint density at radius 3 is 2.73 bits per heavy atom. The van der Waals surface area contributed by atoms with E-state index in [0.717, 1.165) is 18.6 Å². The molecule has 0 amide bonds. The van der Waals surface area contributed by atoms with Gasteiger partial charge in [0.25, 0.3) is 0 Å². The van der Waals surface area contributed by atoms with Gasteiger partial charge in [0.2, 0.25) is 0 Å². The molecule has 0 aromatic carbocycles. The second-order valence-corrected chi connectivity index (χ2v) is 5.22. The molecule has 86 valence electrons. The van der Waals surface area contributed by atoms with Crippen LogP contribution in [0.4, 0.5) is 0 Å². The molecule has 0 unspecified atom stereocenters.